The Labute approximate surface area is 159 Å². The highest BCUT2D eigenvalue weighted by atomic mass is 32.2. The molecule has 0 radical (unpaired) electrons. The average Bonchev–Trinajstić information content (AvgIpc) is 3.36. The highest BCUT2D eigenvalue weighted by molar-refractivity contribution is 7.89. The molecule has 0 atom stereocenters. The third-order valence-corrected chi connectivity index (χ3v) is 7.66. The molecule has 3 heterocycles. The quantitative estimate of drug-likeness (QED) is 0.764. The van der Waals surface area contributed by atoms with Gasteiger partial charge in [-0.05, 0) is 42.5 Å². The Bertz CT molecular complexity index is 958. The second-order valence-electron chi connectivity index (χ2n) is 7.32. The number of hydrogen-bond acceptors (Lipinski definition) is 6. The van der Waals surface area contributed by atoms with Crippen LogP contribution in [-0.4, -0.2) is 73.5 Å². The molecule has 27 heavy (non-hydrogen) atoms. The lowest BCUT2D eigenvalue weighted by Crippen LogP contribution is -2.53. The molecule has 0 spiro atoms. The lowest BCUT2D eigenvalue weighted by atomic mass is 10.1. The molecular weight excluding hydrogens is 362 g/mol. The van der Waals surface area contributed by atoms with Gasteiger partial charge in [0.1, 0.15) is 0 Å². The zero-order valence-corrected chi connectivity index (χ0v) is 16.0. The third kappa shape index (κ3) is 2.87. The fraction of sp³-hybridized carbons (Fsp3) is 0.474. The Hall–Kier alpha value is -2.19. The van der Waals surface area contributed by atoms with E-state index in [1.807, 2.05) is 18.3 Å². The maximum atomic E-state index is 13.1. The van der Waals surface area contributed by atoms with Gasteiger partial charge in [-0.15, -0.1) is 0 Å². The molecule has 0 saturated carbocycles. The molecule has 0 amide bonds. The van der Waals surface area contributed by atoms with Crippen LogP contribution in [0, 0.1) is 0 Å². The molecule has 8 heteroatoms. The number of amidine groups is 2. The van der Waals surface area contributed by atoms with Gasteiger partial charge in [-0.3, -0.25) is 4.99 Å². The molecule has 0 bridgehead atoms. The molecule has 0 unspecified atom stereocenters. The standard InChI is InChI=1S/C19H23N5O2S/c25-27(26,17-5-4-15-2-1-3-16(15)14-17)24-12-10-23(11-13-24)19-18-20-6-8-22(18)9-7-21-19/h4-5,7,9,14H,1-3,6,8,10-13H2. The van der Waals surface area contributed by atoms with E-state index >= 15 is 0 Å². The molecule has 1 saturated heterocycles. The number of aryl methyl sites for hydroxylation is 2. The summed E-state index contributed by atoms with van der Waals surface area (Å²) in [6, 6.07) is 5.64. The van der Waals surface area contributed by atoms with Gasteiger partial charge in [0.2, 0.25) is 10.0 Å². The Morgan fingerprint density at radius 3 is 2.59 bits per heavy atom. The second-order valence-corrected chi connectivity index (χ2v) is 9.26. The van der Waals surface area contributed by atoms with E-state index in [-0.39, 0.29) is 0 Å². The second kappa shape index (κ2) is 6.45. The highest BCUT2D eigenvalue weighted by Crippen LogP contribution is 2.27. The number of benzene rings is 1. The van der Waals surface area contributed by atoms with Crippen molar-refractivity contribution in [3.05, 3.63) is 41.7 Å². The molecule has 142 valence electrons. The minimum Gasteiger partial charge on any atom is -0.351 e. The summed E-state index contributed by atoms with van der Waals surface area (Å²) >= 11 is 0. The van der Waals surface area contributed by atoms with Crippen molar-refractivity contribution in [2.24, 2.45) is 9.98 Å². The summed E-state index contributed by atoms with van der Waals surface area (Å²) < 4.78 is 27.8. The number of piperazine rings is 1. The minimum absolute atomic E-state index is 0.431. The van der Waals surface area contributed by atoms with Crippen LogP contribution < -0.4 is 0 Å². The molecule has 5 rings (SSSR count). The normalized spacial score (nSPS) is 22.5. The summed E-state index contributed by atoms with van der Waals surface area (Å²) in [5.74, 6) is 1.78. The number of sulfonamides is 1. The molecule has 1 fully saturated rings. The topological polar surface area (TPSA) is 68.6 Å². The first-order chi connectivity index (χ1) is 13.1. The number of fused-ring (bicyclic) bond motifs is 2. The van der Waals surface area contributed by atoms with Gasteiger partial charge in [0.05, 0.1) is 11.4 Å². The van der Waals surface area contributed by atoms with Crippen molar-refractivity contribution in [2.45, 2.75) is 24.2 Å². The van der Waals surface area contributed by atoms with E-state index in [9.17, 15) is 8.42 Å². The first-order valence-corrected chi connectivity index (χ1v) is 11.0. The predicted octanol–water partition coefficient (Wildman–Crippen LogP) is 1.08. The van der Waals surface area contributed by atoms with E-state index in [4.69, 9.17) is 0 Å². The zero-order chi connectivity index (χ0) is 18.4. The molecule has 1 aromatic rings. The Morgan fingerprint density at radius 2 is 1.74 bits per heavy atom. The van der Waals surface area contributed by atoms with Gasteiger partial charge in [0.15, 0.2) is 11.7 Å². The van der Waals surface area contributed by atoms with Crippen LogP contribution >= 0.6 is 0 Å². The van der Waals surface area contributed by atoms with Crippen LogP contribution in [0.1, 0.15) is 17.5 Å². The minimum atomic E-state index is -3.44. The van der Waals surface area contributed by atoms with E-state index < -0.39 is 10.0 Å². The van der Waals surface area contributed by atoms with Gasteiger partial charge in [-0.25, -0.2) is 13.4 Å². The number of aliphatic imine (C=N–C) groups is 2. The number of rotatable bonds is 2. The Morgan fingerprint density at radius 1 is 0.926 bits per heavy atom. The first-order valence-electron chi connectivity index (χ1n) is 9.56. The van der Waals surface area contributed by atoms with E-state index in [1.54, 1.807) is 16.6 Å². The summed E-state index contributed by atoms with van der Waals surface area (Å²) in [7, 11) is -3.44. The molecule has 3 aliphatic heterocycles. The van der Waals surface area contributed by atoms with Crippen molar-refractivity contribution in [1.29, 1.82) is 0 Å². The SMILES string of the molecule is O=S(=O)(c1ccc2c(c1)CCC2)N1CCN(C2=NC=CN3CCN=C23)CC1. The average molecular weight is 385 g/mol. The van der Waals surface area contributed by atoms with Crippen molar-refractivity contribution < 1.29 is 8.42 Å². The van der Waals surface area contributed by atoms with E-state index in [1.165, 1.54) is 11.1 Å². The van der Waals surface area contributed by atoms with Crippen LogP contribution in [0.3, 0.4) is 0 Å². The third-order valence-electron chi connectivity index (χ3n) is 5.76. The van der Waals surface area contributed by atoms with Crippen molar-refractivity contribution in [1.82, 2.24) is 14.1 Å². The van der Waals surface area contributed by atoms with Crippen LogP contribution in [0.2, 0.25) is 0 Å². The Balaban J connectivity index is 1.31. The Kier molecular flexibility index (Phi) is 4.05. The fourth-order valence-electron chi connectivity index (χ4n) is 4.27. The van der Waals surface area contributed by atoms with E-state index in [2.05, 4.69) is 19.8 Å². The molecular formula is C19H23N5O2S. The maximum Gasteiger partial charge on any atom is 0.243 e. The predicted molar refractivity (Wildman–Crippen MR) is 104 cm³/mol. The molecule has 0 aromatic heterocycles. The zero-order valence-electron chi connectivity index (χ0n) is 15.2. The first kappa shape index (κ1) is 16.9. The summed E-state index contributed by atoms with van der Waals surface area (Å²) in [6.07, 6.45) is 6.91. The summed E-state index contributed by atoms with van der Waals surface area (Å²) in [4.78, 5) is 13.7. The van der Waals surface area contributed by atoms with Crippen molar-refractivity contribution >= 4 is 21.7 Å². The van der Waals surface area contributed by atoms with Gasteiger partial charge < -0.3 is 9.80 Å². The van der Waals surface area contributed by atoms with Crippen LogP contribution in [-0.2, 0) is 22.9 Å². The van der Waals surface area contributed by atoms with Crippen molar-refractivity contribution in [3.8, 4) is 0 Å². The lowest BCUT2D eigenvalue weighted by molar-refractivity contribution is 0.267. The lowest BCUT2D eigenvalue weighted by Gasteiger charge is -2.37. The van der Waals surface area contributed by atoms with Gasteiger partial charge in [-0.2, -0.15) is 4.31 Å². The molecule has 0 N–H and O–H groups in total. The van der Waals surface area contributed by atoms with Gasteiger partial charge in [-0.1, -0.05) is 6.07 Å². The largest absolute Gasteiger partial charge is 0.351 e. The van der Waals surface area contributed by atoms with Crippen LogP contribution in [0.4, 0.5) is 0 Å². The summed E-state index contributed by atoms with van der Waals surface area (Å²) in [5, 5.41) is 0. The van der Waals surface area contributed by atoms with Gasteiger partial charge >= 0.3 is 0 Å². The van der Waals surface area contributed by atoms with Crippen LogP contribution in [0.5, 0.6) is 0 Å². The fourth-order valence-corrected chi connectivity index (χ4v) is 5.74. The molecule has 1 aliphatic carbocycles. The maximum absolute atomic E-state index is 13.1. The van der Waals surface area contributed by atoms with Gasteiger partial charge in [0.25, 0.3) is 0 Å². The number of nitrogens with zero attached hydrogens (tertiary/aromatic N) is 5. The van der Waals surface area contributed by atoms with Crippen LogP contribution in [0.25, 0.3) is 0 Å². The molecule has 4 aliphatic rings. The van der Waals surface area contributed by atoms with Crippen LogP contribution in [0.15, 0.2) is 45.5 Å². The van der Waals surface area contributed by atoms with Crippen molar-refractivity contribution in [3.63, 3.8) is 0 Å². The molecule has 1 aromatic carbocycles. The summed E-state index contributed by atoms with van der Waals surface area (Å²) in [6.45, 7) is 3.86. The summed E-state index contributed by atoms with van der Waals surface area (Å²) in [5.41, 5.74) is 2.49. The van der Waals surface area contributed by atoms with E-state index in [0.717, 1.165) is 44.0 Å². The highest BCUT2D eigenvalue weighted by Gasteiger charge is 2.33. The monoisotopic (exact) mass is 385 g/mol. The number of hydrogen-bond donors (Lipinski definition) is 0. The van der Waals surface area contributed by atoms with E-state index in [0.29, 0.717) is 31.1 Å². The van der Waals surface area contributed by atoms with Crippen molar-refractivity contribution in [2.75, 3.05) is 39.3 Å². The smallest absolute Gasteiger partial charge is 0.243 e. The van der Waals surface area contributed by atoms with Gasteiger partial charge in [0, 0.05) is 45.1 Å². The molecule has 7 nitrogen and oxygen atoms in total.